The van der Waals surface area contributed by atoms with E-state index in [2.05, 4.69) is 15.4 Å². The molecule has 0 aliphatic carbocycles. The molecule has 1 amide bonds. The van der Waals surface area contributed by atoms with Gasteiger partial charge in [-0.05, 0) is 30.3 Å². The Bertz CT molecular complexity index is 1250. The molecular formula is C20H16ClN5O3. The molecule has 0 bridgehead atoms. The number of hydrogen-bond acceptors (Lipinski definition) is 5. The average Bonchev–Trinajstić information content (AvgIpc) is 3.16. The monoisotopic (exact) mass is 409 g/mol. The van der Waals surface area contributed by atoms with Gasteiger partial charge in [-0.15, -0.1) is 0 Å². The highest BCUT2D eigenvalue weighted by Gasteiger charge is 2.13. The van der Waals surface area contributed by atoms with E-state index in [0.29, 0.717) is 27.5 Å². The highest BCUT2D eigenvalue weighted by Crippen LogP contribution is 2.27. The summed E-state index contributed by atoms with van der Waals surface area (Å²) in [6.45, 7) is -0.193. The minimum Gasteiger partial charge on any atom is -0.495 e. The Morgan fingerprint density at radius 1 is 1.21 bits per heavy atom. The number of methoxy groups -OCH3 is 1. The number of amides is 1. The van der Waals surface area contributed by atoms with Crippen LogP contribution in [0.5, 0.6) is 5.75 Å². The van der Waals surface area contributed by atoms with Gasteiger partial charge in [0.1, 0.15) is 24.0 Å². The number of anilines is 1. The minimum atomic E-state index is -0.384. The third kappa shape index (κ3) is 3.70. The van der Waals surface area contributed by atoms with Crippen molar-refractivity contribution in [3.05, 3.63) is 76.4 Å². The van der Waals surface area contributed by atoms with Crippen molar-refractivity contribution >= 4 is 34.2 Å². The molecule has 9 heteroatoms. The number of hydrogen-bond donors (Lipinski definition) is 1. The fourth-order valence-corrected chi connectivity index (χ4v) is 3.18. The number of fused-ring (bicyclic) bond motifs is 1. The first-order valence-corrected chi connectivity index (χ1v) is 9.06. The highest BCUT2D eigenvalue weighted by molar-refractivity contribution is 6.32. The zero-order valence-electron chi connectivity index (χ0n) is 15.4. The van der Waals surface area contributed by atoms with Gasteiger partial charge in [-0.1, -0.05) is 29.8 Å². The standard InChI is InChI=1S/C20H16ClN5O3/c1-29-17-8-7-13(9-16(17)21)24-18(27)11-25-12-22-19-15(20(25)28)10-23-26(19)14-5-3-2-4-6-14/h2-10,12H,11H2,1H3,(H,24,27). The first kappa shape index (κ1) is 18.7. The van der Waals surface area contributed by atoms with Crippen LogP contribution in [-0.4, -0.2) is 32.3 Å². The smallest absolute Gasteiger partial charge is 0.264 e. The van der Waals surface area contributed by atoms with Crippen LogP contribution in [0.2, 0.25) is 5.02 Å². The number of halogens is 1. The van der Waals surface area contributed by atoms with E-state index < -0.39 is 0 Å². The van der Waals surface area contributed by atoms with Crippen LogP contribution >= 0.6 is 11.6 Å². The third-order valence-corrected chi connectivity index (χ3v) is 4.60. The van der Waals surface area contributed by atoms with E-state index in [9.17, 15) is 9.59 Å². The first-order chi connectivity index (χ1) is 14.1. The van der Waals surface area contributed by atoms with Crippen molar-refractivity contribution in [2.75, 3.05) is 12.4 Å². The van der Waals surface area contributed by atoms with Crippen LogP contribution in [-0.2, 0) is 11.3 Å². The Morgan fingerprint density at radius 2 is 2.00 bits per heavy atom. The van der Waals surface area contributed by atoms with Crippen LogP contribution in [0.3, 0.4) is 0 Å². The Balaban J connectivity index is 1.57. The molecule has 1 N–H and O–H groups in total. The van der Waals surface area contributed by atoms with Gasteiger partial charge in [-0.2, -0.15) is 5.10 Å². The number of ether oxygens (including phenoxy) is 1. The molecule has 0 saturated heterocycles. The summed E-state index contributed by atoms with van der Waals surface area (Å²) in [4.78, 5) is 29.4. The highest BCUT2D eigenvalue weighted by atomic mass is 35.5. The number of carbonyl (C=O) groups excluding carboxylic acids is 1. The van der Waals surface area contributed by atoms with Gasteiger partial charge in [0, 0.05) is 5.69 Å². The second-order valence-electron chi connectivity index (χ2n) is 6.20. The van der Waals surface area contributed by atoms with Gasteiger partial charge < -0.3 is 10.1 Å². The summed E-state index contributed by atoms with van der Waals surface area (Å²) in [5, 5.41) is 7.66. The van der Waals surface area contributed by atoms with Crippen molar-refractivity contribution in [3.63, 3.8) is 0 Å². The quantitative estimate of drug-likeness (QED) is 0.547. The van der Waals surface area contributed by atoms with Crippen LogP contribution < -0.4 is 15.6 Å². The lowest BCUT2D eigenvalue weighted by Gasteiger charge is -2.09. The second kappa shape index (κ2) is 7.76. The van der Waals surface area contributed by atoms with E-state index in [1.807, 2.05) is 30.3 Å². The van der Waals surface area contributed by atoms with Gasteiger partial charge in [0.25, 0.3) is 5.56 Å². The first-order valence-electron chi connectivity index (χ1n) is 8.69. The van der Waals surface area contributed by atoms with Crippen molar-refractivity contribution in [2.45, 2.75) is 6.54 Å². The maximum Gasteiger partial charge on any atom is 0.264 e. The fraction of sp³-hybridized carbons (Fsp3) is 0.100. The summed E-state index contributed by atoms with van der Waals surface area (Å²) >= 11 is 6.07. The van der Waals surface area contributed by atoms with Crippen LogP contribution in [0.15, 0.2) is 65.8 Å². The van der Waals surface area contributed by atoms with Gasteiger partial charge in [0.15, 0.2) is 5.65 Å². The second-order valence-corrected chi connectivity index (χ2v) is 6.61. The number of carbonyl (C=O) groups is 1. The van der Waals surface area contributed by atoms with Crippen molar-refractivity contribution in [2.24, 2.45) is 0 Å². The van der Waals surface area contributed by atoms with Crippen molar-refractivity contribution < 1.29 is 9.53 Å². The normalized spacial score (nSPS) is 10.8. The number of aromatic nitrogens is 4. The molecule has 0 fully saturated rings. The summed E-state index contributed by atoms with van der Waals surface area (Å²) in [7, 11) is 1.51. The molecule has 8 nitrogen and oxygen atoms in total. The number of rotatable bonds is 5. The molecule has 0 atom stereocenters. The summed E-state index contributed by atoms with van der Waals surface area (Å²) < 4.78 is 7.90. The zero-order chi connectivity index (χ0) is 20.4. The molecule has 146 valence electrons. The Morgan fingerprint density at radius 3 is 2.72 bits per heavy atom. The molecule has 0 spiro atoms. The number of para-hydroxylation sites is 1. The van der Waals surface area contributed by atoms with E-state index in [1.165, 1.54) is 24.2 Å². The summed E-state index contributed by atoms with van der Waals surface area (Å²) in [6.07, 6.45) is 2.79. The molecule has 2 aromatic carbocycles. The largest absolute Gasteiger partial charge is 0.495 e. The fourth-order valence-electron chi connectivity index (χ4n) is 2.92. The van der Waals surface area contributed by atoms with E-state index in [-0.39, 0.29) is 18.0 Å². The van der Waals surface area contributed by atoms with Crippen LogP contribution in [0.4, 0.5) is 5.69 Å². The molecule has 4 rings (SSSR count). The predicted molar refractivity (Wildman–Crippen MR) is 110 cm³/mol. The van der Waals surface area contributed by atoms with Crippen molar-refractivity contribution in [1.29, 1.82) is 0 Å². The van der Waals surface area contributed by atoms with Crippen LogP contribution in [0.1, 0.15) is 0 Å². The van der Waals surface area contributed by atoms with Gasteiger partial charge in [0.2, 0.25) is 5.91 Å². The molecule has 2 aromatic heterocycles. The van der Waals surface area contributed by atoms with Crippen LogP contribution in [0.25, 0.3) is 16.7 Å². The van der Waals surface area contributed by atoms with Gasteiger partial charge >= 0.3 is 0 Å². The van der Waals surface area contributed by atoms with E-state index >= 15 is 0 Å². The summed E-state index contributed by atoms with van der Waals surface area (Å²) in [6, 6.07) is 14.3. The van der Waals surface area contributed by atoms with E-state index in [0.717, 1.165) is 5.69 Å². The molecule has 0 unspecified atom stereocenters. The molecule has 0 radical (unpaired) electrons. The lowest BCUT2D eigenvalue weighted by molar-refractivity contribution is -0.116. The molecule has 29 heavy (non-hydrogen) atoms. The maximum atomic E-state index is 12.8. The van der Waals surface area contributed by atoms with Gasteiger partial charge in [-0.25, -0.2) is 9.67 Å². The van der Waals surface area contributed by atoms with Crippen molar-refractivity contribution in [1.82, 2.24) is 19.3 Å². The average molecular weight is 410 g/mol. The topological polar surface area (TPSA) is 91.0 Å². The minimum absolute atomic E-state index is 0.193. The number of nitrogens with one attached hydrogen (secondary N) is 1. The molecule has 4 aromatic rings. The van der Waals surface area contributed by atoms with E-state index in [1.54, 1.807) is 22.9 Å². The van der Waals surface area contributed by atoms with Crippen LogP contribution in [0, 0.1) is 0 Å². The lowest BCUT2D eigenvalue weighted by atomic mass is 10.3. The molecular weight excluding hydrogens is 394 g/mol. The predicted octanol–water partition coefficient (Wildman–Crippen LogP) is 2.88. The lowest BCUT2D eigenvalue weighted by Crippen LogP contribution is -2.27. The summed E-state index contributed by atoms with van der Waals surface area (Å²) in [5.41, 5.74) is 1.38. The van der Waals surface area contributed by atoms with Gasteiger partial charge in [-0.3, -0.25) is 14.2 Å². The summed E-state index contributed by atoms with van der Waals surface area (Å²) in [5.74, 6) is 0.121. The Hall–Kier alpha value is -3.65. The van der Waals surface area contributed by atoms with Crippen molar-refractivity contribution in [3.8, 4) is 11.4 Å². The number of nitrogens with zero attached hydrogens (tertiary/aromatic N) is 4. The maximum absolute atomic E-state index is 12.8. The molecule has 0 saturated carbocycles. The molecule has 2 heterocycles. The molecule has 0 aliphatic rings. The molecule has 0 aliphatic heterocycles. The number of benzene rings is 2. The SMILES string of the molecule is COc1ccc(NC(=O)Cn2cnc3c(cnn3-c3ccccc3)c2=O)cc1Cl. The zero-order valence-corrected chi connectivity index (χ0v) is 16.1. The Labute approximate surface area is 170 Å². The van der Waals surface area contributed by atoms with E-state index in [4.69, 9.17) is 16.3 Å². The van der Waals surface area contributed by atoms with Gasteiger partial charge in [0.05, 0.1) is 24.0 Å². The third-order valence-electron chi connectivity index (χ3n) is 4.30. The Kier molecular flexibility index (Phi) is 5.01.